The third-order valence-corrected chi connectivity index (χ3v) is 5.68. The first-order valence-electron chi connectivity index (χ1n) is 9.46. The van der Waals surface area contributed by atoms with Crippen molar-refractivity contribution in [1.29, 1.82) is 0 Å². The van der Waals surface area contributed by atoms with Crippen LogP contribution in [-0.2, 0) is 20.9 Å². The Bertz CT molecular complexity index is 686. The number of hydrogen-bond acceptors (Lipinski definition) is 5. The highest BCUT2D eigenvalue weighted by molar-refractivity contribution is 5.85. The van der Waals surface area contributed by atoms with Crippen LogP contribution in [0.3, 0.4) is 0 Å². The molecule has 1 amide bonds. The summed E-state index contributed by atoms with van der Waals surface area (Å²) < 4.78 is 10.5. The Morgan fingerprint density at radius 2 is 2.18 bits per heavy atom. The molecule has 0 radical (unpaired) electrons. The van der Waals surface area contributed by atoms with Crippen molar-refractivity contribution in [1.82, 2.24) is 10.2 Å². The molecule has 1 heterocycles. The Morgan fingerprint density at radius 1 is 1.36 bits per heavy atom. The van der Waals surface area contributed by atoms with Crippen LogP contribution in [0.5, 0.6) is 5.75 Å². The molecule has 1 aliphatic heterocycles. The minimum Gasteiger partial charge on any atom is -0.491 e. The first-order valence-corrected chi connectivity index (χ1v) is 9.46. The lowest BCUT2D eigenvalue weighted by molar-refractivity contribution is -0.149. The Hall–Kier alpha value is -1.83. The van der Waals surface area contributed by atoms with Crippen molar-refractivity contribution in [3.8, 4) is 5.75 Å². The maximum atomic E-state index is 12.3. The van der Waals surface area contributed by atoms with E-state index in [1.165, 1.54) is 0 Å². The highest BCUT2D eigenvalue weighted by Crippen LogP contribution is 2.48. The zero-order valence-corrected chi connectivity index (χ0v) is 17.0. The molecule has 2 aliphatic rings. The van der Waals surface area contributed by atoms with E-state index in [2.05, 4.69) is 5.32 Å². The van der Waals surface area contributed by atoms with Gasteiger partial charge in [0.1, 0.15) is 12.4 Å². The van der Waals surface area contributed by atoms with Gasteiger partial charge >= 0.3 is 5.97 Å². The number of carboxylic acids is 1. The first-order chi connectivity index (χ1) is 13.0. The molecule has 1 saturated carbocycles. The smallest absolute Gasteiger partial charge is 0.311 e. The highest BCUT2D eigenvalue weighted by atomic mass is 35.5. The van der Waals surface area contributed by atoms with E-state index in [9.17, 15) is 14.7 Å². The van der Waals surface area contributed by atoms with E-state index in [0.29, 0.717) is 32.8 Å². The predicted octanol–water partition coefficient (Wildman–Crippen LogP) is 1.94. The predicted molar refractivity (Wildman–Crippen MR) is 107 cm³/mol. The number of ether oxygens (including phenoxy) is 2. The molecule has 1 aliphatic carbocycles. The van der Waals surface area contributed by atoms with Gasteiger partial charge in [-0.1, -0.05) is 18.6 Å². The van der Waals surface area contributed by atoms with Crippen LogP contribution in [0.15, 0.2) is 24.3 Å². The van der Waals surface area contributed by atoms with Gasteiger partial charge in [-0.3, -0.25) is 14.5 Å². The SMILES string of the molecule is COCCOc1cccc(CNC(=O)CN2C[C@@H]3CCC[C@@]3(C(=O)O)C2)c1.Cl. The van der Waals surface area contributed by atoms with Gasteiger partial charge in [0, 0.05) is 26.7 Å². The number of aliphatic carboxylic acids is 1. The van der Waals surface area contributed by atoms with E-state index in [1.54, 1.807) is 7.11 Å². The van der Waals surface area contributed by atoms with Gasteiger partial charge in [0.25, 0.3) is 0 Å². The lowest BCUT2D eigenvalue weighted by Crippen LogP contribution is -2.39. The van der Waals surface area contributed by atoms with Crippen LogP contribution in [0.2, 0.25) is 0 Å². The fourth-order valence-corrected chi connectivity index (χ4v) is 4.31. The molecule has 2 N–H and O–H groups in total. The number of hydrogen-bond donors (Lipinski definition) is 2. The summed E-state index contributed by atoms with van der Waals surface area (Å²) in [5.74, 6) is 0.123. The lowest BCUT2D eigenvalue weighted by atomic mass is 9.81. The summed E-state index contributed by atoms with van der Waals surface area (Å²) in [7, 11) is 1.63. The highest BCUT2D eigenvalue weighted by Gasteiger charge is 2.54. The van der Waals surface area contributed by atoms with Crippen molar-refractivity contribution >= 4 is 24.3 Å². The summed E-state index contributed by atoms with van der Waals surface area (Å²) in [6.45, 7) is 2.84. The zero-order valence-electron chi connectivity index (χ0n) is 16.2. The molecule has 1 saturated heterocycles. The van der Waals surface area contributed by atoms with Gasteiger partial charge in [-0.05, 0) is 36.5 Å². The fraction of sp³-hybridized carbons (Fsp3) is 0.600. The van der Waals surface area contributed by atoms with Crippen LogP contribution in [0.25, 0.3) is 0 Å². The van der Waals surface area contributed by atoms with Crippen LogP contribution in [0.4, 0.5) is 0 Å². The molecule has 7 nitrogen and oxygen atoms in total. The number of methoxy groups -OCH3 is 1. The summed E-state index contributed by atoms with van der Waals surface area (Å²) in [6, 6.07) is 7.59. The van der Waals surface area contributed by atoms with E-state index in [0.717, 1.165) is 30.6 Å². The maximum absolute atomic E-state index is 12.3. The van der Waals surface area contributed by atoms with Gasteiger partial charge < -0.3 is 19.9 Å². The van der Waals surface area contributed by atoms with Crippen molar-refractivity contribution < 1.29 is 24.2 Å². The van der Waals surface area contributed by atoms with Crippen molar-refractivity contribution in [2.75, 3.05) is 40.0 Å². The summed E-state index contributed by atoms with van der Waals surface area (Å²) >= 11 is 0. The Labute approximate surface area is 171 Å². The molecule has 0 bridgehead atoms. The lowest BCUT2D eigenvalue weighted by Gasteiger charge is -2.23. The van der Waals surface area contributed by atoms with Crippen LogP contribution in [0, 0.1) is 11.3 Å². The Kier molecular flexibility index (Phi) is 8.10. The molecule has 0 aromatic heterocycles. The molecule has 0 unspecified atom stereocenters. The topological polar surface area (TPSA) is 88.1 Å². The second-order valence-electron chi connectivity index (χ2n) is 7.49. The van der Waals surface area contributed by atoms with Crippen LogP contribution in [0.1, 0.15) is 24.8 Å². The van der Waals surface area contributed by atoms with Crippen molar-refractivity contribution in [2.24, 2.45) is 11.3 Å². The minimum atomic E-state index is -0.710. The summed E-state index contributed by atoms with van der Waals surface area (Å²) in [5, 5.41) is 12.6. The standard InChI is InChI=1S/C20H28N2O5.ClH/c1-26-8-9-27-17-6-2-4-15(10-17)11-21-18(23)13-22-12-16-5-3-7-20(16,14-22)19(24)25;/h2,4,6,10,16H,3,5,7-9,11-14H2,1H3,(H,21,23)(H,24,25);1H/t16-,20+;/m0./s1. The summed E-state index contributed by atoms with van der Waals surface area (Å²) in [5.41, 5.74) is 0.312. The molecule has 8 heteroatoms. The number of fused-ring (bicyclic) bond motifs is 1. The summed E-state index contributed by atoms with van der Waals surface area (Å²) in [4.78, 5) is 26.0. The van der Waals surface area contributed by atoms with E-state index in [4.69, 9.17) is 9.47 Å². The number of nitrogens with one attached hydrogen (secondary N) is 1. The van der Waals surface area contributed by atoms with Gasteiger partial charge in [0.05, 0.1) is 18.6 Å². The molecular formula is C20H29ClN2O5. The second-order valence-corrected chi connectivity index (χ2v) is 7.49. The fourth-order valence-electron chi connectivity index (χ4n) is 4.31. The van der Waals surface area contributed by atoms with Crippen molar-refractivity contribution in [3.05, 3.63) is 29.8 Å². The maximum Gasteiger partial charge on any atom is 0.311 e. The second kappa shape index (κ2) is 10.1. The number of rotatable bonds is 9. The molecule has 156 valence electrons. The zero-order chi connectivity index (χ0) is 19.3. The van der Waals surface area contributed by atoms with Crippen LogP contribution in [-0.4, -0.2) is 61.8 Å². The van der Waals surface area contributed by atoms with Crippen LogP contribution < -0.4 is 10.1 Å². The number of likely N-dealkylation sites (tertiary alicyclic amines) is 1. The van der Waals surface area contributed by atoms with E-state index < -0.39 is 11.4 Å². The van der Waals surface area contributed by atoms with Gasteiger partial charge in [-0.15, -0.1) is 12.4 Å². The number of carbonyl (C=O) groups is 2. The molecule has 1 aromatic carbocycles. The Balaban J connectivity index is 0.00000280. The number of carboxylic acid groups (broad SMARTS) is 1. The molecular weight excluding hydrogens is 384 g/mol. The molecule has 1 aromatic rings. The average Bonchev–Trinajstić information content (AvgIpc) is 3.19. The quantitative estimate of drug-likeness (QED) is 0.602. The summed E-state index contributed by atoms with van der Waals surface area (Å²) in [6.07, 6.45) is 2.64. The number of nitrogens with zero attached hydrogens (tertiary/aromatic N) is 1. The number of benzene rings is 1. The third kappa shape index (κ3) is 5.16. The van der Waals surface area contributed by atoms with Crippen molar-refractivity contribution in [3.63, 3.8) is 0 Å². The van der Waals surface area contributed by atoms with Gasteiger partial charge in [0.2, 0.25) is 5.91 Å². The van der Waals surface area contributed by atoms with Crippen molar-refractivity contribution in [2.45, 2.75) is 25.8 Å². The van der Waals surface area contributed by atoms with E-state index >= 15 is 0 Å². The largest absolute Gasteiger partial charge is 0.491 e. The monoisotopic (exact) mass is 412 g/mol. The number of amides is 1. The minimum absolute atomic E-state index is 0. The Morgan fingerprint density at radius 3 is 2.89 bits per heavy atom. The van der Waals surface area contributed by atoms with E-state index in [-0.39, 0.29) is 30.8 Å². The van der Waals surface area contributed by atoms with Gasteiger partial charge in [0.15, 0.2) is 0 Å². The van der Waals surface area contributed by atoms with Gasteiger partial charge in [-0.25, -0.2) is 0 Å². The molecule has 0 spiro atoms. The normalized spacial score (nSPS) is 23.7. The van der Waals surface area contributed by atoms with Gasteiger partial charge in [-0.2, -0.15) is 0 Å². The molecule has 2 fully saturated rings. The number of halogens is 1. The third-order valence-electron chi connectivity index (χ3n) is 5.68. The molecule has 28 heavy (non-hydrogen) atoms. The number of carbonyl (C=O) groups excluding carboxylic acids is 1. The molecule has 3 rings (SSSR count). The molecule has 2 atom stereocenters. The van der Waals surface area contributed by atoms with Crippen LogP contribution >= 0.6 is 12.4 Å². The average molecular weight is 413 g/mol. The first kappa shape index (κ1) is 22.5. The van der Waals surface area contributed by atoms with E-state index in [1.807, 2.05) is 29.2 Å².